The van der Waals surface area contributed by atoms with Gasteiger partial charge in [0.1, 0.15) is 0 Å². The molecule has 0 bridgehead atoms. The van der Waals surface area contributed by atoms with Gasteiger partial charge in [0.2, 0.25) is 0 Å². The van der Waals surface area contributed by atoms with Gasteiger partial charge in [-0.1, -0.05) is 59.2 Å². The van der Waals surface area contributed by atoms with Crippen LogP contribution in [0.25, 0.3) is 11.1 Å². The monoisotopic (exact) mass is 431 g/mol. The quantitative estimate of drug-likeness (QED) is 0.283. The lowest BCUT2D eigenvalue weighted by atomic mass is 9.94. The van der Waals surface area contributed by atoms with Gasteiger partial charge in [-0.3, -0.25) is 4.79 Å². The van der Waals surface area contributed by atoms with Crippen LogP contribution in [0.3, 0.4) is 0 Å². The third-order valence-electron chi connectivity index (χ3n) is 4.93. The fourth-order valence-corrected chi connectivity index (χ4v) is 3.45. The molecule has 3 aromatic carbocycles. The van der Waals surface area contributed by atoms with E-state index in [1.807, 2.05) is 19.1 Å². The predicted octanol–water partition coefficient (Wildman–Crippen LogP) is 6.06. The summed E-state index contributed by atoms with van der Waals surface area (Å²) in [6.07, 6.45) is 0. The summed E-state index contributed by atoms with van der Waals surface area (Å²) in [6.45, 7) is 3.55. The van der Waals surface area contributed by atoms with E-state index in [2.05, 4.69) is 5.16 Å². The zero-order valence-corrected chi connectivity index (χ0v) is 17.6. The standard InChI is InChI=1S/C25H18ClNO4/c1-15-7-3-4-8-19(15)24(29)30-25-22(16(2)27-31-25)20-9-5-6-10-21(20)23(28)17-11-13-18(26)14-12-17/h3-14H,1-2H3. The van der Waals surface area contributed by atoms with Crippen LogP contribution in [0.5, 0.6) is 5.95 Å². The molecule has 0 amide bonds. The number of carbonyl (C=O) groups excluding carboxylic acids is 2. The fraction of sp³-hybridized carbons (Fsp3) is 0.0800. The third kappa shape index (κ3) is 4.13. The molecule has 0 fully saturated rings. The zero-order chi connectivity index (χ0) is 22.0. The maximum absolute atomic E-state index is 13.2. The van der Waals surface area contributed by atoms with E-state index in [1.165, 1.54) is 0 Å². The molecule has 0 aliphatic heterocycles. The summed E-state index contributed by atoms with van der Waals surface area (Å²) in [4.78, 5) is 25.9. The summed E-state index contributed by atoms with van der Waals surface area (Å²) in [5.74, 6) is -0.803. The van der Waals surface area contributed by atoms with Crippen LogP contribution in [0.4, 0.5) is 0 Å². The van der Waals surface area contributed by atoms with Crippen molar-refractivity contribution >= 4 is 23.4 Å². The van der Waals surface area contributed by atoms with Crippen LogP contribution in [0.2, 0.25) is 5.02 Å². The molecular weight excluding hydrogens is 414 g/mol. The number of esters is 1. The second-order valence-electron chi connectivity index (χ2n) is 7.02. The van der Waals surface area contributed by atoms with Gasteiger partial charge in [0.25, 0.3) is 0 Å². The van der Waals surface area contributed by atoms with Crippen LogP contribution in [0.15, 0.2) is 77.3 Å². The fourth-order valence-electron chi connectivity index (χ4n) is 3.32. The van der Waals surface area contributed by atoms with Crippen molar-refractivity contribution in [3.8, 4) is 17.1 Å². The molecule has 0 radical (unpaired) electrons. The Morgan fingerprint density at radius 1 is 0.871 bits per heavy atom. The van der Waals surface area contributed by atoms with Crippen molar-refractivity contribution in [1.82, 2.24) is 5.16 Å². The average molecular weight is 432 g/mol. The molecule has 1 heterocycles. The van der Waals surface area contributed by atoms with E-state index in [9.17, 15) is 9.59 Å². The molecule has 4 aromatic rings. The average Bonchev–Trinajstić information content (AvgIpc) is 3.13. The van der Waals surface area contributed by atoms with E-state index in [4.69, 9.17) is 20.9 Å². The van der Waals surface area contributed by atoms with Gasteiger partial charge in [-0.15, -0.1) is 0 Å². The van der Waals surface area contributed by atoms with Crippen LogP contribution in [-0.2, 0) is 0 Å². The molecule has 0 aliphatic carbocycles. The first kappa shape index (κ1) is 20.6. The Morgan fingerprint density at radius 3 is 2.23 bits per heavy atom. The molecule has 0 N–H and O–H groups in total. The molecule has 154 valence electrons. The number of hydrogen-bond donors (Lipinski definition) is 0. The minimum absolute atomic E-state index is 0.0536. The number of rotatable bonds is 5. The summed E-state index contributed by atoms with van der Waals surface area (Å²) in [5, 5.41) is 4.51. The Bertz CT molecular complexity index is 1270. The topological polar surface area (TPSA) is 69.4 Å². The highest BCUT2D eigenvalue weighted by Gasteiger charge is 2.25. The number of halogens is 1. The number of ketones is 1. The maximum Gasteiger partial charge on any atom is 0.346 e. The van der Waals surface area contributed by atoms with Crippen LogP contribution < -0.4 is 4.74 Å². The van der Waals surface area contributed by atoms with Crippen molar-refractivity contribution in [2.24, 2.45) is 0 Å². The summed E-state index contributed by atoms with van der Waals surface area (Å²) in [6, 6.07) is 20.8. The molecule has 6 heteroatoms. The molecular formula is C25H18ClNO4. The van der Waals surface area contributed by atoms with Gasteiger partial charge in [0.05, 0.1) is 16.8 Å². The molecule has 0 spiro atoms. The van der Waals surface area contributed by atoms with Gasteiger partial charge < -0.3 is 9.26 Å². The summed E-state index contributed by atoms with van der Waals surface area (Å²) in [7, 11) is 0. The first-order chi connectivity index (χ1) is 15.0. The van der Waals surface area contributed by atoms with E-state index in [1.54, 1.807) is 67.6 Å². The van der Waals surface area contributed by atoms with Crippen molar-refractivity contribution < 1.29 is 18.8 Å². The Hall–Kier alpha value is -3.70. The lowest BCUT2D eigenvalue weighted by molar-refractivity contribution is 0.0680. The van der Waals surface area contributed by atoms with Gasteiger partial charge in [0.15, 0.2) is 5.78 Å². The molecule has 5 nitrogen and oxygen atoms in total. The van der Waals surface area contributed by atoms with E-state index in [0.29, 0.717) is 38.5 Å². The zero-order valence-electron chi connectivity index (χ0n) is 16.9. The number of benzene rings is 3. The van der Waals surface area contributed by atoms with Crippen molar-refractivity contribution in [2.45, 2.75) is 13.8 Å². The normalized spacial score (nSPS) is 10.7. The lowest BCUT2D eigenvalue weighted by Crippen LogP contribution is -2.10. The number of hydrogen-bond acceptors (Lipinski definition) is 5. The summed E-state index contributed by atoms with van der Waals surface area (Å²) in [5.41, 5.74) is 3.66. The van der Waals surface area contributed by atoms with Gasteiger partial charge in [0, 0.05) is 21.7 Å². The molecule has 31 heavy (non-hydrogen) atoms. The largest absolute Gasteiger partial charge is 0.387 e. The Kier molecular flexibility index (Phi) is 5.69. The van der Waals surface area contributed by atoms with Crippen molar-refractivity contribution in [3.05, 3.63) is 106 Å². The highest BCUT2D eigenvalue weighted by Crippen LogP contribution is 2.36. The smallest absolute Gasteiger partial charge is 0.346 e. The summed E-state index contributed by atoms with van der Waals surface area (Å²) >= 11 is 5.95. The molecule has 0 atom stereocenters. The second kappa shape index (κ2) is 8.58. The highest BCUT2D eigenvalue weighted by atomic mass is 35.5. The van der Waals surface area contributed by atoms with Crippen LogP contribution in [0, 0.1) is 13.8 Å². The lowest BCUT2D eigenvalue weighted by Gasteiger charge is -2.10. The Labute approximate surface area is 184 Å². The van der Waals surface area contributed by atoms with Gasteiger partial charge in [-0.05, 0) is 49.7 Å². The van der Waals surface area contributed by atoms with Crippen LogP contribution >= 0.6 is 11.6 Å². The number of aryl methyl sites for hydroxylation is 2. The summed E-state index contributed by atoms with van der Waals surface area (Å²) < 4.78 is 10.9. The Morgan fingerprint density at radius 2 is 1.52 bits per heavy atom. The van der Waals surface area contributed by atoms with Crippen molar-refractivity contribution in [1.29, 1.82) is 0 Å². The van der Waals surface area contributed by atoms with Crippen LogP contribution in [0.1, 0.15) is 37.5 Å². The number of carbonyl (C=O) groups is 2. The number of nitrogens with zero attached hydrogens (tertiary/aromatic N) is 1. The van der Waals surface area contributed by atoms with Gasteiger partial charge in [-0.2, -0.15) is 0 Å². The van der Waals surface area contributed by atoms with Crippen LogP contribution in [-0.4, -0.2) is 16.9 Å². The SMILES string of the molecule is Cc1ccccc1C(=O)Oc1onc(C)c1-c1ccccc1C(=O)c1ccc(Cl)cc1. The predicted molar refractivity (Wildman–Crippen MR) is 118 cm³/mol. The molecule has 0 unspecified atom stereocenters. The molecule has 4 rings (SSSR count). The Balaban J connectivity index is 1.74. The maximum atomic E-state index is 13.2. The first-order valence-corrected chi connectivity index (χ1v) is 9.97. The van der Waals surface area contributed by atoms with Gasteiger partial charge in [-0.25, -0.2) is 4.79 Å². The van der Waals surface area contributed by atoms with E-state index in [0.717, 1.165) is 5.56 Å². The molecule has 0 saturated carbocycles. The number of ether oxygens (including phenoxy) is 1. The van der Waals surface area contributed by atoms with E-state index in [-0.39, 0.29) is 11.7 Å². The minimum atomic E-state index is -0.558. The first-order valence-electron chi connectivity index (χ1n) is 9.59. The molecule has 0 aliphatic rings. The molecule has 1 aromatic heterocycles. The second-order valence-corrected chi connectivity index (χ2v) is 7.45. The van der Waals surface area contributed by atoms with E-state index >= 15 is 0 Å². The minimum Gasteiger partial charge on any atom is -0.387 e. The van der Waals surface area contributed by atoms with E-state index < -0.39 is 5.97 Å². The highest BCUT2D eigenvalue weighted by molar-refractivity contribution is 6.30. The number of aromatic nitrogens is 1. The van der Waals surface area contributed by atoms with Gasteiger partial charge >= 0.3 is 11.9 Å². The third-order valence-corrected chi connectivity index (χ3v) is 5.18. The van der Waals surface area contributed by atoms with Crippen molar-refractivity contribution in [2.75, 3.05) is 0 Å². The molecule has 0 saturated heterocycles. The van der Waals surface area contributed by atoms with Crippen molar-refractivity contribution in [3.63, 3.8) is 0 Å².